The maximum atomic E-state index is 5.99. The Hall–Kier alpha value is -2.45. The summed E-state index contributed by atoms with van der Waals surface area (Å²) in [6.07, 6.45) is 0. The molecule has 2 nitrogen and oxygen atoms in total. The number of halogens is 1. The zero-order chi connectivity index (χ0) is 17.6. The van der Waals surface area contributed by atoms with Crippen LogP contribution in [0.5, 0.6) is 5.75 Å². The number of hydrogen-bond acceptors (Lipinski definition) is 2. The minimum atomic E-state index is 0.515. The largest absolute Gasteiger partial charge is 0.489 e. The lowest BCUT2D eigenvalue weighted by Crippen LogP contribution is -2.01. The van der Waals surface area contributed by atoms with Crippen molar-refractivity contribution in [3.8, 4) is 5.75 Å². The molecule has 0 aliphatic carbocycles. The van der Waals surface area contributed by atoms with Crippen LogP contribution in [0.25, 0.3) is 0 Å². The van der Waals surface area contributed by atoms with Gasteiger partial charge in [0.2, 0.25) is 0 Å². The van der Waals surface area contributed by atoms with Crippen molar-refractivity contribution in [2.24, 2.45) is 0 Å². The lowest BCUT2D eigenvalue weighted by Gasteiger charge is -2.11. The average molecular weight is 352 g/mol. The zero-order valence-electron chi connectivity index (χ0n) is 14.6. The van der Waals surface area contributed by atoms with Gasteiger partial charge in [0.25, 0.3) is 0 Å². The highest BCUT2D eigenvalue weighted by molar-refractivity contribution is 6.30. The summed E-state index contributed by atoms with van der Waals surface area (Å²) in [7, 11) is 0. The Morgan fingerprint density at radius 2 is 1.68 bits per heavy atom. The number of hydrogen-bond donors (Lipinski definition) is 1. The van der Waals surface area contributed by atoms with Gasteiger partial charge in [-0.1, -0.05) is 53.6 Å². The van der Waals surface area contributed by atoms with Crippen LogP contribution in [0.4, 0.5) is 5.69 Å². The van der Waals surface area contributed by atoms with Crippen molar-refractivity contribution in [1.82, 2.24) is 0 Å². The van der Waals surface area contributed by atoms with Gasteiger partial charge >= 0.3 is 0 Å². The first-order valence-electron chi connectivity index (χ1n) is 8.37. The Morgan fingerprint density at radius 3 is 2.40 bits per heavy atom. The maximum Gasteiger partial charge on any atom is 0.119 e. The summed E-state index contributed by atoms with van der Waals surface area (Å²) >= 11 is 5.99. The van der Waals surface area contributed by atoms with Crippen molar-refractivity contribution in [1.29, 1.82) is 0 Å². The molecule has 0 aliphatic rings. The summed E-state index contributed by atoms with van der Waals surface area (Å²) in [5.41, 5.74) is 6.00. The van der Waals surface area contributed by atoms with Gasteiger partial charge in [0.15, 0.2) is 0 Å². The van der Waals surface area contributed by atoms with Crippen molar-refractivity contribution in [3.05, 3.63) is 94.0 Å². The molecule has 0 atom stereocenters. The number of ether oxygens (including phenoxy) is 1. The molecule has 0 radical (unpaired) electrons. The third kappa shape index (κ3) is 5.01. The van der Waals surface area contributed by atoms with Crippen LogP contribution in [0.3, 0.4) is 0 Å². The molecule has 0 bridgehead atoms. The third-order valence-corrected chi connectivity index (χ3v) is 4.32. The van der Waals surface area contributed by atoms with E-state index >= 15 is 0 Å². The monoisotopic (exact) mass is 351 g/mol. The molecule has 0 amide bonds. The zero-order valence-corrected chi connectivity index (χ0v) is 15.3. The second-order valence-electron chi connectivity index (χ2n) is 6.23. The molecular weight excluding hydrogens is 330 g/mol. The summed E-state index contributed by atoms with van der Waals surface area (Å²) in [6.45, 7) is 5.54. The highest BCUT2D eigenvalue weighted by Crippen LogP contribution is 2.19. The number of rotatable bonds is 6. The van der Waals surface area contributed by atoms with E-state index in [1.54, 1.807) is 0 Å². The minimum Gasteiger partial charge on any atom is -0.489 e. The second kappa shape index (κ2) is 8.09. The van der Waals surface area contributed by atoms with Gasteiger partial charge in [-0.3, -0.25) is 0 Å². The first-order chi connectivity index (χ1) is 12.1. The standard InChI is InChI=1S/C22H22ClNO/c1-16-6-11-22(17(2)12-16)24-14-18-7-9-21(10-8-18)25-15-19-4-3-5-20(23)13-19/h3-13,24H,14-15H2,1-2H3. The van der Waals surface area contributed by atoms with Crippen LogP contribution < -0.4 is 10.1 Å². The topological polar surface area (TPSA) is 21.3 Å². The number of anilines is 1. The van der Waals surface area contributed by atoms with E-state index < -0.39 is 0 Å². The Kier molecular flexibility index (Phi) is 5.62. The molecule has 0 spiro atoms. The lowest BCUT2D eigenvalue weighted by molar-refractivity contribution is 0.306. The van der Waals surface area contributed by atoms with E-state index in [4.69, 9.17) is 16.3 Å². The molecule has 3 rings (SSSR count). The molecule has 0 fully saturated rings. The molecule has 3 aromatic carbocycles. The summed E-state index contributed by atoms with van der Waals surface area (Å²) in [5, 5.41) is 4.21. The van der Waals surface area contributed by atoms with E-state index in [-0.39, 0.29) is 0 Å². The summed E-state index contributed by atoms with van der Waals surface area (Å²) in [5.74, 6) is 0.857. The van der Waals surface area contributed by atoms with E-state index in [9.17, 15) is 0 Å². The maximum absolute atomic E-state index is 5.99. The van der Waals surface area contributed by atoms with Crippen LogP contribution in [0, 0.1) is 13.8 Å². The van der Waals surface area contributed by atoms with Crippen LogP contribution in [-0.2, 0) is 13.2 Å². The van der Waals surface area contributed by atoms with Gasteiger partial charge in [0.05, 0.1) is 0 Å². The average Bonchev–Trinajstić information content (AvgIpc) is 2.60. The van der Waals surface area contributed by atoms with Crippen molar-refractivity contribution >= 4 is 17.3 Å². The molecule has 3 heteroatoms. The Balaban J connectivity index is 1.55. The summed E-state index contributed by atoms with van der Waals surface area (Å²) in [4.78, 5) is 0. The van der Waals surface area contributed by atoms with Crippen LogP contribution in [-0.4, -0.2) is 0 Å². The smallest absolute Gasteiger partial charge is 0.119 e. The van der Waals surface area contributed by atoms with Gasteiger partial charge in [-0.15, -0.1) is 0 Å². The predicted molar refractivity (Wildman–Crippen MR) is 105 cm³/mol. The molecule has 25 heavy (non-hydrogen) atoms. The van der Waals surface area contributed by atoms with Gasteiger partial charge in [-0.05, 0) is 60.9 Å². The number of nitrogens with one attached hydrogen (secondary N) is 1. The number of benzene rings is 3. The second-order valence-corrected chi connectivity index (χ2v) is 6.67. The highest BCUT2D eigenvalue weighted by Gasteiger charge is 2.01. The molecular formula is C22H22ClNO. The molecule has 0 saturated heterocycles. The molecule has 0 saturated carbocycles. The van der Waals surface area contributed by atoms with Crippen molar-refractivity contribution < 1.29 is 4.74 Å². The van der Waals surface area contributed by atoms with E-state index in [2.05, 4.69) is 49.5 Å². The fraction of sp³-hybridized carbons (Fsp3) is 0.182. The van der Waals surface area contributed by atoms with Crippen molar-refractivity contribution in [3.63, 3.8) is 0 Å². The summed E-state index contributed by atoms with van der Waals surface area (Å²) < 4.78 is 5.82. The molecule has 128 valence electrons. The molecule has 0 aliphatic heterocycles. The first kappa shape index (κ1) is 17.4. The Labute approximate surface area is 154 Å². The van der Waals surface area contributed by atoms with Crippen LogP contribution in [0.1, 0.15) is 22.3 Å². The molecule has 0 unspecified atom stereocenters. The van der Waals surface area contributed by atoms with Gasteiger partial charge in [-0.2, -0.15) is 0 Å². The first-order valence-corrected chi connectivity index (χ1v) is 8.75. The van der Waals surface area contributed by atoms with Gasteiger partial charge in [0.1, 0.15) is 12.4 Å². The van der Waals surface area contributed by atoms with E-state index in [1.165, 1.54) is 22.4 Å². The molecule has 1 N–H and O–H groups in total. The normalized spacial score (nSPS) is 10.5. The van der Waals surface area contributed by atoms with Crippen LogP contribution in [0.15, 0.2) is 66.7 Å². The Bertz CT molecular complexity index is 843. The van der Waals surface area contributed by atoms with Gasteiger partial charge in [0, 0.05) is 17.3 Å². The van der Waals surface area contributed by atoms with Crippen molar-refractivity contribution in [2.45, 2.75) is 27.0 Å². The predicted octanol–water partition coefficient (Wildman–Crippen LogP) is 6.15. The van der Waals surface area contributed by atoms with E-state index in [1.807, 2.05) is 36.4 Å². The van der Waals surface area contributed by atoms with Crippen molar-refractivity contribution in [2.75, 3.05) is 5.32 Å². The molecule has 3 aromatic rings. The van der Waals surface area contributed by atoms with Crippen LogP contribution in [0.2, 0.25) is 5.02 Å². The SMILES string of the molecule is Cc1ccc(NCc2ccc(OCc3cccc(Cl)c3)cc2)c(C)c1. The van der Waals surface area contributed by atoms with E-state index in [0.717, 1.165) is 22.9 Å². The number of aryl methyl sites for hydroxylation is 2. The molecule has 0 heterocycles. The fourth-order valence-corrected chi connectivity index (χ4v) is 2.92. The van der Waals surface area contributed by atoms with Gasteiger partial charge in [-0.25, -0.2) is 0 Å². The highest BCUT2D eigenvalue weighted by atomic mass is 35.5. The molecule has 0 aromatic heterocycles. The van der Waals surface area contributed by atoms with Gasteiger partial charge < -0.3 is 10.1 Å². The quantitative estimate of drug-likeness (QED) is 0.575. The summed E-state index contributed by atoms with van der Waals surface area (Å²) in [6, 6.07) is 22.4. The minimum absolute atomic E-state index is 0.515. The van der Waals surface area contributed by atoms with E-state index in [0.29, 0.717) is 6.61 Å². The fourth-order valence-electron chi connectivity index (χ4n) is 2.71. The Morgan fingerprint density at radius 1 is 0.880 bits per heavy atom. The van der Waals surface area contributed by atoms with Crippen LogP contribution >= 0.6 is 11.6 Å². The third-order valence-electron chi connectivity index (χ3n) is 4.08. The lowest BCUT2D eigenvalue weighted by atomic mass is 10.1.